The molecular weight excluding hydrogens is 326 g/mol. The minimum atomic E-state index is 0.0742. The minimum Gasteiger partial charge on any atom is -0.340 e. The van der Waals surface area contributed by atoms with Gasteiger partial charge in [0, 0.05) is 31.9 Å². The van der Waals surface area contributed by atoms with Crippen LogP contribution in [0.2, 0.25) is 0 Å². The van der Waals surface area contributed by atoms with Crippen molar-refractivity contribution in [2.75, 3.05) is 6.54 Å². The Morgan fingerprint density at radius 3 is 3.04 bits per heavy atom. The van der Waals surface area contributed by atoms with Crippen LogP contribution in [-0.2, 0) is 11.3 Å². The van der Waals surface area contributed by atoms with E-state index in [1.165, 1.54) is 5.56 Å². The molecule has 1 fully saturated rings. The van der Waals surface area contributed by atoms with E-state index in [1.807, 2.05) is 24.1 Å². The molecule has 136 valence electrons. The summed E-state index contributed by atoms with van der Waals surface area (Å²) in [5.41, 5.74) is 3.23. The van der Waals surface area contributed by atoms with Gasteiger partial charge in [-0.15, -0.1) is 0 Å². The Bertz CT molecular complexity index is 925. The lowest BCUT2D eigenvalue weighted by molar-refractivity contribution is -0.132. The van der Waals surface area contributed by atoms with Crippen LogP contribution in [-0.4, -0.2) is 36.9 Å². The predicted octanol–water partition coefficient (Wildman–Crippen LogP) is 3.52. The first-order valence-electron chi connectivity index (χ1n) is 9.35. The van der Waals surface area contributed by atoms with Crippen molar-refractivity contribution >= 4 is 16.9 Å². The molecule has 1 aliphatic heterocycles. The fourth-order valence-electron chi connectivity index (χ4n) is 3.83. The van der Waals surface area contributed by atoms with Gasteiger partial charge < -0.3 is 14.5 Å². The van der Waals surface area contributed by atoms with E-state index in [4.69, 9.17) is 4.98 Å². The maximum absolute atomic E-state index is 12.8. The molecule has 1 aliphatic rings. The third kappa shape index (κ3) is 3.23. The van der Waals surface area contributed by atoms with Crippen LogP contribution < -0.4 is 0 Å². The summed E-state index contributed by atoms with van der Waals surface area (Å²) in [5.74, 6) is 2.14. The van der Waals surface area contributed by atoms with E-state index in [9.17, 15) is 4.79 Å². The number of imidazole rings is 2. The number of carbonyl (C=O) groups is 1. The zero-order chi connectivity index (χ0) is 18.1. The van der Waals surface area contributed by atoms with Gasteiger partial charge in [0.25, 0.3) is 0 Å². The second kappa shape index (κ2) is 6.94. The predicted molar refractivity (Wildman–Crippen MR) is 101 cm³/mol. The van der Waals surface area contributed by atoms with Gasteiger partial charge in [-0.3, -0.25) is 4.79 Å². The number of hydrogen-bond donors (Lipinski definition) is 1. The molecule has 6 nitrogen and oxygen atoms in total. The topological polar surface area (TPSA) is 66.8 Å². The molecule has 1 saturated heterocycles. The van der Waals surface area contributed by atoms with Crippen LogP contribution >= 0.6 is 0 Å². The second-order valence-corrected chi connectivity index (χ2v) is 7.16. The van der Waals surface area contributed by atoms with Crippen LogP contribution in [0.4, 0.5) is 0 Å². The fraction of sp³-hybridized carbons (Fsp3) is 0.450. The molecule has 3 aromatic rings. The quantitative estimate of drug-likeness (QED) is 0.765. The van der Waals surface area contributed by atoms with Gasteiger partial charge in [0.2, 0.25) is 5.91 Å². The number of carbonyl (C=O) groups excluding carboxylic acids is 1. The van der Waals surface area contributed by atoms with Crippen LogP contribution in [0.25, 0.3) is 11.0 Å². The third-order valence-electron chi connectivity index (χ3n) is 5.26. The number of amides is 1. The van der Waals surface area contributed by atoms with Gasteiger partial charge >= 0.3 is 0 Å². The average molecular weight is 351 g/mol. The highest BCUT2D eigenvalue weighted by molar-refractivity contribution is 5.78. The number of hydrogen-bond acceptors (Lipinski definition) is 3. The number of nitrogens with one attached hydrogen (secondary N) is 1. The van der Waals surface area contributed by atoms with Crippen molar-refractivity contribution in [2.24, 2.45) is 0 Å². The molecule has 0 spiro atoms. The van der Waals surface area contributed by atoms with E-state index < -0.39 is 0 Å². The maximum atomic E-state index is 12.8. The Hall–Kier alpha value is -2.63. The normalized spacial score (nSPS) is 17.3. The number of H-pyrrole nitrogens is 1. The van der Waals surface area contributed by atoms with Gasteiger partial charge in [0.05, 0.1) is 17.1 Å². The van der Waals surface area contributed by atoms with Gasteiger partial charge in [-0.2, -0.15) is 0 Å². The highest BCUT2D eigenvalue weighted by Crippen LogP contribution is 2.32. The van der Waals surface area contributed by atoms with Crippen molar-refractivity contribution in [2.45, 2.75) is 52.1 Å². The Morgan fingerprint density at radius 1 is 1.35 bits per heavy atom. The van der Waals surface area contributed by atoms with Crippen molar-refractivity contribution in [3.63, 3.8) is 0 Å². The van der Waals surface area contributed by atoms with Crippen LogP contribution in [0.5, 0.6) is 0 Å². The Labute approximate surface area is 153 Å². The van der Waals surface area contributed by atoms with E-state index >= 15 is 0 Å². The van der Waals surface area contributed by atoms with Gasteiger partial charge in [-0.1, -0.05) is 6.07 Å². The highest BCUT2D eigenvalue weighted by Gasteiger charge is 2.31. The average Bonchev–Trinajstić information content (AvgIpc) is 3.33. The highest BCUT2D eigenvalue weighted by atomic mass is 16.2. The van der Waals surface area contributed by atoms with E-state index in [0.717, 1.165) is 55.0 Å². The SMILES string of the molecule is Cc1ccc2nc([C@@H]3CCCN3C(=O)CCCn3ccnc3C)[nH]c2c1. The second-order valence-electron chi connectivity index (χ2n) is 7.16. The van der Waals surface area contributed by atoms with Gasteiger partial charge in [0.1, 0.15) is 11.6 Å². The Balaban J connectivity index is 1.43. The third-order valence-corrected chi connectivity index (χ3v) is 5.26. The van der Waals surface area contributed by atoms with Gasteiger partial charge in [0.15, 0.2) is 0 Å². The summed E-state index contributed by atoms with van der Waals surface area (Å²) in [6, 6.07) is 6.30. The largest absolute Gasteiger partial charge is 0.340 e. The molecule has 0 aliphatic carbocycles. The molecule has 1 N–H and O–H groups in total. The van der Waals surface area contributed by atoms with Crippen molar-refractivity contribution in [1.29, 1.82) is 0 Å². The molecule has 0 saturated carbocycles. The molecule has 3 heterocycles. The lowest BCUT2D eigenvalue weighted by Gasteiger charge is -2.23. The summed E-state index contributed by atoms with van der Waals surface area (Å²) >= 11 is 0. The van der Waals surface area contributed by atoms with Crippen LogP contribution in [0.3, 0.4) is 0 Å². The fourth-order valence-corrected chi connectivity index (χ4v) is 3.83. The standard InChI is InChI=1S/C20H25N5O/c1-14-7-8-16-17(13-14)23-20(22-16)18-5-3-11-25(18)19(26)6-4-10-24-12-9-21-15(24)2/h7-9,12-13,18H,3-6,10-11H2,1-2H3,(H,22,23)/t18-/m0/s1. The molecular formula is C20H25N5O. The summed E-state index contributed by atoms with van der Waals surface area (Å²) in [5, 5.41) is 0. The molecule has 1 atom stereocenters. The first-order valence-corrected chi connectivity index (χ1v) is 9.35. The molecule has 0 radical (unpaired) electrons. The zero-order valence-electron chi connectivity index (χ0n) is 15.4. The van der Waals surface area contributed by atoms with E-state index in [1.54, 1.807) is 6.20 Å². The van der Waals surface area contributed by atoms with Crippen LogP contribution in [0, 0.1) is 13.8 Å². The monoisotopic (exact) mass is 351 g/mol. The summed E-state index contributed by atoms with van der Waals surface area (Å²) in [6.45, 7) is 5.72. The van der Waals surface area contributed by atoms with Crippen LogP contribution in [0.1, 0.15) is 48.9 Å². The summed E-state index contributed by atoms with van der Waals surface area (Å²) in [4.78, 5) is 27.2. The maximum Gasteiger partial charge on any atom is 0.223 e. The molecule has 1 aromatic carbocycles. The number of fused-ring (bicyclic) bond motifs is 1. The molecule has 26 heavy (non-hydrogen) atoms. The number of rotatable bonds is 5. The minimum absolute atomic E-state index is 0.0742. The summed E-state index contributed by atoms with van der Waals surface area (Å²) in [7, 11) is 0. The zero-order valence-corrected chi connectivity index (χ0v) is 15.4. The lowest BCUT2D eigenvalue weighted by atomic mass is 10.2. The van der Waals surface area contributed by atoms with Gasteiger partial charge in [-0.25, -0.2) is 9.97 Å². The number of nitrogens with zero attached hydrogens (tertiary/aromatic N) is 4. The van der Waals surface area contributed by atoms with E-state index in [-0.39, 0.29) is 11.9 Å². The number of aromatic amines is 1. The first kappa shape index (κ1) is 16.8. The lowest BCUT2D eigenvalue weighted by Crippen LogP contribution is -2.31. The van der Waals surface area contributed by atoms with Crippen molar-refractivity contribution in [3.8, 4) is 0 Å². The number of aromatic nitrogens is 4. The molecule has 0 unspecified atom stereocenters. The van der Waals surface area contributed by atoms with Crippen molar-refractivity contribution < 1.29 is 4.79 Å². The molecule has 0 bridgehead atoms. The van der Waals surface area contributed by atoms with Crippen LogP contribution in [0.15, 0.2) is 30.6 Å². The molecule has 4 rings (SSSR count). The smallest absolute Gasteiger partial charge is 0.223 e. The molecule has 2 aromatic heterocycles. The molecule has 6 heteroatoms. The Kier molecular flexibility index (Phi) is 4.49. The number of aryl methyl sites for hydroxylation is 3. The van der Waals surface area contributed by atoms with E-state index in [0.29, 0.717) is 6.42 Å². The summed E-state index contributed by atoms with van der Waals surface area (Å²) < 4.78 is 2.09. The van der Waals surface area contributed by atoms with Gasteiger partial charge in [-0.05, 0) is 50.8 Å². The van der Waals surface area contributed by atoms with E-state index in [2.05, 4.69) is 33.6 Å². The first-order chi connectivity index (χ1) is 12.6. The molecule has 1 amide bonds. The Morgan fingerprint density at radius 2 is 2.23 bits per heavy atom. The van der Waals surface area contributed by atoms with Crippen molar-refractivity contribution in [1.82, 2.24) is 24.4 Å². The number of likely N-dealkylation sites (tertiary alicyclic amines) is 1. The van der Waals surface area contributed by atoms with Crippen molar-refractivity contribution in [3.05, 3.63) is 47.8 Å². The number of benzene rings is 1. The summed E-state index contributed by atoms with van der Waals surface area (Å²) in [6.07, 6.45) is 7.18.